The molecule has 1 aromatic heterocycles. The summed E-state index contributed by atoms with van der Waals surface area (Å²) in [5.74, 6) is 0. The van der Waals surface area contributed by atoms with Crippen LogP contribution in [0.15, 0.2) is 30.3 Å². The third-order valence-electron chi connectivity index (χ3n) is 3.32. The lowest BCUT2D eigenvalue weighted by Gasteiger charge is -2.12. The number of aromatic nitrogens is 2. The summed E-state index contributed by atoms with van der Waals surface area (Å²) < 4.78 is 1.66. The second kappa shape index (κ2) is 5.83. The van der Waals surface area contributed by atoms with E-state index in [0.29, 0.717) is 24.4 Å². The van der Waals surface area contributed by atoms with Crippen LogP contribution in [-0.4, -0.2) is 14.7 Å². The molecule has 0 bridgehead atoms. The van der Waals surface area contributed by atoms with E-state index in [-0.39, 0.29) is 16.7 Å². The first-order valence-electron chi connectivity index (χ1n) is 6.55. The van der Waals surface area contributed by atoms with Gasteiger partial charge in [-0.05, 0) is 19.4 Å². The molecule has 0 aliphatic heterocycles. The van der Waals surface area contributed by atoms with Crippen molar-refractivity contribution < 1.29 is 4.92 Å². The van der Waals surface area contributed by atoms with Gasteiger partial charge in [0.25, 0.3) is 0 Å². The monoisotopic (exact) mass is 274 g/mol. The van der Waals surface area contributed by atoms with Crippen LogP contribution in [0.1, 0.15) is 29.9 Å². The number of hydrogen-bond donors (Lipinski definition) is 1. The van der Waals surface area contributed by atoms with E-state index in [9.17, 15) is 10.1 Å². The van der Waals surface area contributed by atoms with Crippen molar-refractivity contribution in [2.75, 3.05) is 0 Å². The van der Waals surface area contributed by atoms with Gasteiger partial charge in [0.05, 0.1) is 4.92 Å². The molecule has 2 N–H and O–H groups in total. The highest BCUT2D eigenvalue weighted by Crippen LogP contribution is 2.27. The van der Waals surface area contributed by atoms with Gasteiger partial charge in [-0.25, -0.2) is 0 Å². The van der Waals surface area contributed by atoms with Crippen molar-refractivity contribution >= 4 is 5.69 Å². The van der Waals surface area contributed by atoms with E-state index in [1.807, 2.05) is 37.3 Å². The van der Waals surface area contributed by atoms with Gasteiger partial charge in [0.2, 0.25) is 0 Å². The van der Waals surface area contributed by atoms with E-state index in [4.69, 9.17) is 5.73 Å². The zero-order chi connectivity index (χ0) is 14.7. The fourth-order valence-corrected chi connectivity index (χ4v) is 2.35. The average Bonchev–Trinajstić information content (AvgIpc) is 2.75. The molecule has 106 valence electrons. The summed E-state index contributed by atoms with van der Waals surface area (Å²) in [5.41, 5.74) is 8.23. The van der Waals surface area contributed by atoms with Crippen molar-refractivity contribution in [3.63, 3.8) is 0 Å². The quantitative estimate of drug-likeness (QED) is 0.669. The van der Waals surface area contributed by atoms with E-state index < -0.39 is 0 Å². The number of nitrogens with zero attached hydrogens (tertiary/aromatic N) is 3. The molecule has 0 saturated heterocycles. The third-order valence-corrected chi connectivity index (χ3v) is 3.32. The maximum atomic E-state index is 11.2. The predicted octanol–water partition coefficient (Wildman–Crippen LogP) is 2.36. The molecule has 0 spiro atoms. The van der Waals surface area contributed by atoms with Crippen LogP contribution in [0.4, 0.5) is 5.69 Å². The molecule has 0 amide bonds. The van der Waals surface area contributed by atoms with Gasteiger partial charge in [0, 0.05) is 19.0 Å². The topological polar surface area (TPSA) is 87.0 Å². The van der Waals surface area contributed by atoms with Crippen LogP contribution in [0, 0.1) is 17.0 Å². The molecular weight excluding hydrogens is 256 g/mol. The van der Waals surface area contributed by atoms with E-state index >= 15 is 0 Å². The molecule has 0 aliphatic rings. The SMILES string of the molecule is CCn1nc(C)c([N+](=O)[O-])c1CC(N)c1ccccc1. The molecule has 6 heteroatoms. The molecule has 2 rings (SSSR count). The number of aryl methyl sites for hydroxylation is 2. The van der Waals surface area contributed by atoms with Gasteiger partial charge in [-0.2, -0.15) is 5.10 Å². The maximum absolute atomic E-state index is 11.2. The molecule has 1 aromatic carbocycles. The van der Waals surface area contributed by atoms with Crippen LogP contribution in [0.5, 0.6) is 0 Å². The van der Waals surface area contributed by atoms with Gasteiger partial charge >= 0.3 is 5.69 Å². The molecule has 1 unspecified atom stereocenters. The fraction of sp³-hybridized carbons (Fsp3) is 0.357. The van der Waals surface area contributed by atoms with Crippen LogP contribution in [0.25, 0.3) is 0 Å². The number of hydrogen-bond acceptors (Lipinski definition) is 4. The van der Waals surface area contributed by atoms with Crippen LogP contribution in [0.2, 0.25) is 0 Å². The summed E-state index contributed by atoms with van der Waals surface area (Å²) >= 11 is 0. The van der Waals surface area contributed by atoms with Crippen LogP contribution >= 0.6 is 0 Å². The highest BCUT2D eigenvalue weighted by atomic mass is 16.6. The van der Waals surface area contributed by atoms with Crippen LogP contribution < -0.4 is 5.73 Å². The zero-order valence-corrected chi connectivity index (χ0v) is 11.6. The molecule has 6 nitrogen and oxygen atoms in total. The van der Waals surface area contributed by atoms with E-state index in [1.165, 1.54) is 0 Å². The van der Waals surface area contributed by atoms with Crippen molar-refractivity contribution in [3.8, 4) is 0 Å². The van der Waals surface area contributed by atoms with Crippen molar-refractivity contribution in [1.29, 1.82) is 0 Å². The Kier molecular flexibility index (Phi) is 4.14. The lowest BCUT2D eigenvalue weighted by molar-refractivity contribution is -0.386. The third kappa shape index (κ3) is 2.70. The van der Waals surface area contributed by atoms with Crippen molar-refractivity contribution in [2.45, 2.75) is 32.9 Å². The Bertz CT molecular complexity index is 607. The van der Waals surface area contributed by atoms with Gasteiger partial charge in [0.1, 0.15) is 11.4 Å². The first-order valence-corrected chi connectivity index (χ1v) is 6.55. The molecule has 2 aromatic rings. The summed E-state index contributed by atoms with van der Waals surface area (Å²) in [4.78, 5) is 10.8. The van der Waals surface area contributed by atoms with Crippen molar-refractivity contribution in [3.05, 3.63) is 57.4 Å². The van der Waals surface area contributed by atoms with Crippen LogP contribution in [0.3, 0.4) is 0 Å². The molecule has 20 heavy (non-hydrogen) atoms. The van der Waals surface area contributed by atoms with E-state index in [1.54, 1.807) is 11.6 Å². The lowest BCUT2D eigenvalue weighted by atomic mass is 10.0. The Balaban J connectivity index is 2.35. The summed E-state index contributed by atoms with van der Waals surface area (Å²) in [6, 6.07) is 9.31. The predicted molar refractivity (Wildman–Crippen MR) is 76.4 cm³/mol. The standard InChI is InChI=1S/C14H18N4O2/c1-3-17-13(14(18(19)20)10(2)16-17)9-12(15)11-7-5-4-6-8-11/h4-8,12H,3,9,15H2,1-2H3. The molecule has 0 saturated carbocycles. The number of rotatable bonds is 5. The lowest BCUT2D eigenvalue weighted by Crippen LogP contribution is -2.16. The molecule has 0 fully saturated rings. The molecular formula is C14H18N4O2. The summed E-state index contributed by atoms with van der Waals surface area (Å²) in [5, 5.41) is 15.4. The largest absolute Gasteiger partial charge is 0.324 e. The Labute approximate surface area is 117 Å². The summed E-state index contributed by atoms with van der Waals surface area (Å²) in [6.07, 6.45) is 0.398. The highest BCUT2D eigenvalue weighted by molar-refractivity contribution is 5.41. The number of nitro groups is 1. The molecule has 0 radical (unpaired) electrons. The highest BCUT2D eigenvalue weighted by Gasteiger charge is 2.26. The van der Waals surface area contributed by atoms with Crippen LogP contribution in [-0.2, 0) is 13.0 Å². The van der Waals surface area contributed by atoms with Gasteiger partial charge in [-0.15, -0.1) is 0 Å². The minimum atomic E-state index is -0.373. The fourth-order valence-electron chi connectivity index (χ4n) is 2.35. The smallest absolute Gasteiger partial charge is 0.313 e. The number of benzene rings is 1. The second-order valence-corrected chi connectivity index (χ2v) is 4.67. The normalized spacial score (nSPS) is 12.3. The van der Waals surface area contributed by atoms with Crippen molar-refractivity contribution in [2.24, 2.45) is 5.73 Å². The minimum absolute atomic E-state index is 0.0817. The maximum Gasteiger partial charge on any atom is 0.313 e. The molecule has 0 aliphatic carbocycles. The molecule has 1 atom stereocenters. The first-order chi connectivity index (χ1) is 9.54. The Morgan fingerprint density at radius 3 is 2.60 bits per heavy atom. The molecule has 1 heterocycles. The first kappa shape index (κ1) is 14.2. The van der Waals surface area contributed by atoms with Gasteiger partial charge in [-0.1, -0.05) is 30.3 Å². The van der Waals surface area contributed by atoms with E-state index in [2.05, 4.69) is 5.10 Å². The van der Waals surface area contributed by atoms with Gasteiger partial charge < -0.3 is 5.73 Å². The Morgan fingerprint density at radius 1 is 1.40 bits per heavy atom. The summed E-state index contributed by atoms with van der Waals surface area (Å²) in [7, 11) is 0. The minimum Gasteiger partial charge on any atom is -0.324 e. The second-order valence-electron chi connectivity index (χ2n) is 4.67. The van der Waals surface area contributed by atoms with Gasteiger partial charge in [-0.3, -0.25) is 14.8 Å². The average molecular weight is 274 g/mol. The zero-order valence-electron chi connectivity index (χ0n) is 11.6. The number of nitrogens with two attached hydrogens (primary N) is 1. The van der Waals surface area contributed by atoms with Gasteiger partial charge in [0.15, 0.2) is 0 Å². The Morgan fingerprint density at radius 2 is 2.05 bits per heavy atom. The van der Waals surface area contributed by atoms with Crippen molar-refractivity contribution in [1.82, 2.24) is 9.78 Å². The van der Waals surface area contributed by atoms with E-state index in [0.717, 1.165) is 5.56 Å². The Hall–Kier alpha value is -2.21. The summed E-state index contributed by atoms with van der Waals surface area (Å²) in [6.45, 7) is 4.15.